The number of hydrogen-bond donors (Lipinski definition) is 2. The lowest BCUT2D eigenvalue weighted by Gasteiger charge is -2.58. The van der Waals surface area contributed by atoms with Crippen molar-refractivity contribution in [3.63, 3.8) is 0 Å². The Morgan fingerprint density at radius 3 is 2.00 bits per heavy atom. The molecule has 1 aromatic carbocycles. The summed E-state index contributed by atoms with van der Waals surface area (Å²) in [6.45, 7) is 6.85. The maximum atomic E-state index is 13.5. The molecule has 1 amide bonds. The molecule has 9 rings (SSSR count). The van der Waals surface area contributed by atoms with Crippen molar-refractivity contribution < 1.29 is 4.79 Å². The second-order valence-electron chi connectivity index (χ2n) is 14.3. The largest absolute Gasteiger partial charge is 0.347 e. The predicted octanol–water partition coefficient (Wildman–Crippen LogP) is 5.09. The first-order valence-corrected chi connectivity index (χ1v) is 16.4. The summed E-state index contributed by atoms with van der Waals surface area (Å²) in [6, 6.07) is 9.17. The van der Waals surface area contributed by atoms with Crippen LogP contribution in [-0.4, -0.2) is 72.8 Å². The second-order valence-corrected chi connectivity index (χ2v) is 14.3. The zero-order valence-corrected chi connectivity index (χ0v) is 24.8. The Morgan fingerprint density at radius 1 is 0.833 bits per heavy atom. The van der Waals surface area contributed by atoms with E-state index in [1.807, 2.05) is 12.1 Å². The van der Waals surface area contributed by atoms with Crippen molar-refractivity contribution in [2.75, 3.05) is 26.2 Å². The van der Waals surface area contributed by atoms with Crippen LogP contribution in [0.2, 0.25) is 0 Å². The molecule has 2 aromatic heterocycles. The third kappa shape index (κ3) is 5.21. The maximum Gasteiger partial charge on any atom is 0.254 e. The van der Waals surface area contributed by atoms with E-state index in [9.17, 15) is 4.79 Å². The summed E-state index contributed by atoms with van der Waals surface area (Å²) in [7, 11) is 0. The molecule has 4 bridgehead atoms. The molecule has 8 nitrogen and oxygen atoms in total. The molecule has 222 valence electrons. The third-order valence-electron chi connectivity index (χ3n) is 11.7. The van der Waals surface area contributed by atoms with Crippen LogP contribution >= 0.6 is 0 Å². The maximum absolute atomic E-state index is 13.5. The SMILES string of the molecule is O=C(c1ccc(CN2CCC3(CCN(C4C5CC6CC(C5)CC4C6)CC3)C2)cc1)N(Cc1ncc[nH]1)Cc1ncc[nH]1. The molecule has 2 N–H and O–H groups in total. The number of piperidine rings is 1. The van der Waals surface area contributed by atoms with E-state index in [2.05, 4.69) is 41.9 Å². The Balaban J connectivity index is 0.865. The molecule has 4 saturated carbocycles. The number of nitrogens with zero attached hydrogens (tertiary/aromatic N) is 5. The molecule has 3 aromatic rings. The topological polar surface area (TPSA) is 84.2 Å². The van der Waals surface area contributed by atoms with Crippen molar-refractivity contribution in [3.05, 3.63) is 71.8 Å². The highest BCUT2D eigenvalue weighted by Crippen LogP contribution is 2.56. The molecule has 0 unspecified atom stereocenters. The number of nitrogens with one attached hydrogen (secondary N) is 2. The van der Waals surface area contributed by atoms with Gasteiger partial charge in [-0.2, -0.15) is 0 Å². The number of benzene rings is 1. The number of amides is 1. The first-order chi connectivity index (χ1) is 20.6. The van der Waals surface area contributed by atoms with Crippen molar-refractivity contribution in [2.24, 2.45) is 29.1 Å². The van der Waals surface area contributed by atoms with Crippen LogP contribution in [-0.2, 0) is 19.6 Å². The Hall–Kier alpha value is -2.97. The molecule has 2 saturated heterocycles. The summed E-state index contributed by atoms with van der Waals surface area (Å²) in [5.74, 6) is 5.66. The lowest BCUT2D eigenvalue weighted by Crippen LogP contribution is -2.58. The summed E-state index contributed by atoms with van der Waals surface area (Å²) in [5, 5.41) is 0. The van der Waals surface area contributed by atoms with Crippen molar-refractivity contribution in [2.45, 2.75) is 77.0 Å². The Bertz CT molecular complexity index is 1280. The van der Waals surface area contributed by atoms with Crippen LogP contribution in [0.15, 0.2) is 49.1 Å². The van der Waals surface area contributed by atoms with E-state index in [4.69, 9.17) is 0 Å². The number of H-pyrrole nitrogens is 2. The number of carbonyl (C=O) groups excluding carboxylic acids is 1. The van der Waals surface area contributed by atoms with Gasteiger partial charge in [0.1, 0.15) is 11.6 Å². The number of imidazole rings is 2. The molecule has 4 heterocycles. The number of carbonyl (C=O) groups is 1. The minimum absolute atomic E-state index is 0.0135. The summed E-state index contributed by atoms with van der Waals surface area (Å²) in [5.41, 5.74) is 2.50. The number of likely N-dealkylation sites (tertiary alicyclic amines) is 2. The fourth-order valence-electron chi connectivity index (χ4n) is 9.88. The van der Waals surface area contributed by atoms with E-state index >= 15 is 0 Å². The van der Waals surface area contributed by atoms with Gasteiger partial charge in [0.25, 0.3) is 5.91 Å². The van der Waals surface area contributed by atoms with Gasteiger partial charge in [-0.15, -0.1) is 0 Å². The van der Waals surface area contributed by atoms with Crippen molar-refractivity contribution in [1.29, 1.82) is 0 Å². The predicted molar refractivity (Wildman–Crippen MR) is 161 cm³/mol. The molecular weight excluding hydrogens is 522 g/mol. The monoisotopic (exact) mass is 567 g/mol. The highest BCUT2D eigenvalue weighted by atomic mass is 16.2. The van der Waals surface area contributed by atoms with Gasteiger partial charge in [-0.1, -0.05) is 12.1 Å². The standard InChI is InChI=1S/C34H45N7O/c42-33(41(21-30-35-8-9-36-30)22-31-37-10-11-38-31)27-3-1-24(2-4-27)20-39-12-5-34(23-39)6-13-40(14-7-34)32-28-16-25-15-26(18-28)19-29(32)17-25/h1-4,8-11,25-26,28-29,32H,5-7,12-23H2,(H,35,36)(H,37,38). The third-order valence-corrected chi connectivity index (χ3v) is 11.7. The highest BCUT2D eigenvalue weighted by molar-refractivity contribution is 5.94. The zero-order valence-electron chi connectivity index (χ0n) is 24.8. The van der Waals surface area contributed by atoms with Crippen LogP contribution in [0.1, 0.15) is 78.9 Å². The van der Waals surface area contributed by atoms with Gasteiger partial charge in [0.15, 0.2) is 0 Å². The average molecular weight is 568 g/mol. The van der Waals surface area contributed by atoms with Gasteiger partial charge in [-0.05, 0) is 118 Å². The van der Waals surface area contributed by atoms with E-state index in [0.717, 1.165) is 47.9 Å². The van der Waals surface area contributed by atoms with Crippen LogP contribution in [0.25, 0.3) is 0 Å². The molecular formula is C34H45N7O. The van der Waals surface area contributed by atoms with Gasteiger partial charge in [0, 0.05) is 49.5 Å². The fourth-order valence-corrected chi connectivity index (χ4v) is 9.88. The molecule has 6 aliphatic rings. The van der Waals surface area contributed by atoms with Gasteiger partial charge in [0.05, 0.1) is 13.1 Å². The van der Waals surface area contributed by atoms with Crippen molar-refractivity contribution in [1.82, 2.24) is 34.6 Å². The zero-order chi connectivity index (χ0) is 28.1. The lowest BCUT2D eigenvalue weighted by atomic mass is 9.53. The van der Waals surface area contributed by atoms with Crippen LogP contribution in [0.4, 0.5) is 0 Å². The Morgan fingerprint density at radius 2 is 1.43 bits per heavy atom. The summed E-state index contributed by atoms with van der Waals surface area (Å²) < 4.78 is 0. The molecule has 42 heavy (non-hydrogen) atoms. The minimum atomic E-state index is -0.0135. The molecule has 2 aliphatic heterocycles. The molecule has 0 radical (unpaired) electrons. The van der Waals surface area contributed by atoms with Crippen LogP contribution in [0, 0.1) is 29.1 Å². The Labute approximate surface area is 249 Å². The van der Waals surface area contributed by atoms with Crippen LogP contribution in [0.3, 0.4) is 0 Å². The van der Waals surface area contributed by atoms with E-state index in [-0.39, 0.29) is 5.91 Å². The first kappa shape index (κ1) is 26.6. The molecule has 4 aliphatic carbocycles. The summed E-state index contributed by atoms with van der Waals surface area (Å²) in [6.07, 6.45) is 18.8. The number of hydrogen-bond acceptors (Lipinski definition) is 5. The smallest absolute Gasteiger partial charge is 0.254 e. The lowest BCUT2D eigenvalue weighted by molar-refractivity contribution is -0.0799. The van der Waals surface area contributed by atoms with Gasteiger partial charge < -0.3 is 14.9 Å². The minimum Gasteiger partial charge on any atom is -0.347 e. The number of aromatic amines is 2. The molecule has 1 spiro atoms. The molecule has 6 fully saturated rings. The van der Waals surface area contributed by atoms with Crippen molar-refractivity contribution >= 4 is 5.91 Å². The van der Waals surface area contributed by atoms with E-state index < -0.39 is 0 Å². The quantitative estimate of drug-likeness (QED) is 0.396. The average Bonchev–Trinajstić information content (AvgIpc) is 3.78. The van der Waals surface area contributed by atoms with E-state index in [1.54, 1.807) is 36.1 Å². The van der Waals surface area contributed by atoms with Gasteiger partial charge in [-0.25, -0.2) is 9.97 Å². The van der Waals surface area contributed by atoms with Gasteiger partial charge in [0.2, 0.25) is 0 Å². The number of aromatic nitrogens is 4. The fraction of sp³-hybridized carbons (Fsp3) is 0.618. The van der Waals surface area contributed by atoms with E-state index in [0.29, 0.717) is 24.1 Å². The van der Waals surface area contributed by atoms with Gasteiger partial charge >= 0.3 is 0 Å². The molecule has 0 atom stereocenters. The normalized spacial score (nSPS) is 30.3. The summed E-state index contributed by atoms with van der Waals surface area (Å²) >= 11 is 0. The number of rotatable bonds is 8. The van der Waals surface area contributed by atoms with Crippen molar-refractivity contribution in [3.8, 4) is 0 Å². The first-order valence-electron chi connectivity index (χ1n) is 16.4. The second kappa shape index (κ2) is 10.9. The van der Waals surface area contributed by atoms with E-state index in [1.165, 1.54) is 76.7 Å². The summed E-state index contributed by atoms with van der Waals surface area (Å²) in [4.78, 5) is 35.8. The van der Waals surface area contributed by atoms with Gasteiger partial charge in [-0.3, -0.25) is 14.6 Å². The molecule has 8 heteroatoms. The van der Waals surface area contributed by atoms with Crippen LogP contribution < -0.4 is 0 Å². The van der Waals surface area contributed by atoms with Crippen LogP contribution in [0.5, 0.6) is 0 Å². The Kier molecular flexibility index (Phi) is 6.94. The highest BCUT2D eigenvalue weighted by Gasteiger charge is 2.51.